The maximum Gasteiger partial charge on any atom is 0.0423 e. The van der Waals surface area contributed by atoms with Gasteiger partial charge < -0.3 is 0 Å². The van der Waals surface area contributed by atoms with E-state index in [-0.39, 0.29) is 0 Å². The highest BCUT2D eigenvalue weighted by Crippen LogP contribution is 2.37. The zero-order valence-corrected chi connectivity index (χ0v) is 9.02. The van der Waals surface area contributed by atoms with Crippen LogP contribution in [0.4, 0.5) is 0 Å². The molecule has 15 heavy (non-hydrogen) atoms. The lowest BCUT2D eigenvalue weighted by Gasteiger charge is -2.24. The van der Waals surface area contributed by atoms with E-state index < -0.39 is 0 Å². The zero-order chi connectivity index (χ0) is 10.1. The van der Waals surface area contributed by atoms with E-state index in [0.717, 1.165) is 18.4 Å². The van der Waals surface area contributed by atoms with Gasteiger partial charge >= 0.3 is 0 Å². The highest BCUT2D eigenvalue weighted by atomic mass is 14.8. The van der Waals surface area contributed by atoms with Crippen molar-refractivity contribution in [2.45, 2.75) is 25.7 Å². The lowest BCUT2D eigenvalue weighted by atomic mass is 9.86. The van der Waals surface area contributed by atoms with E-state index in [1.165, 1.54) is 37.0 Å². The van der Waals surface area contributed by atoms with Crippen molar-refractivity contribution in [1.29, 1.82) is 0 Å². The van der Waals surface area contributed by atoms with Crippen molar-refractivity contribution >= 4 is 5.71 Å². The smallest absolute Gasteiger partial charge is 0.0423 e. The maximum absolute atomic E-state index is 4.76. The average molecular weight is 199 g/mol. The van der Waals surface area contributed by atoms with Crippen LogP contribution in [-0.4, -0.2) is 12.3 Å². The van der Waals surface area contributed by atoms with Gasteiger partial charge in [-0.1, -0.05) is 36.8 Å². The molecule has 1 fully saturated rings. The van der Waals surface area contributed by atoms with Crippen LogP contribution in [0.3, 0.4) is 0 Å². The molecule has 0 aromatic heterocycles. The first-order chi connectivity index (χ1) is 7.43. The molecule has 2 atom stereocenters. The minimum Gasteiger partial charge on any atom is -0.289 e. The van der Waals surface area contributed by atoms with Crippen molar-refractivity contribution in [3.8, 4) is 0 Å². The van der Waals surface area contributed by atoms with Gasteiger partial charge in [0.05, 0.1) is 0 Å². The van der Waals surface area contributed by atoms with Crippen molar-refractivity contribution in [3.05, 3.63) is 35.9 Å². The van der Waals surface area contributed by atoms with Crippen LogP contribution in [0, 0.1) is 11.8 Å². The Morgan fingerprint density at radius 1 is 1.00 bits per heavy atom. The van der Waals surface area contributed by atoms with Gasteiger partial charge in [-0.2, -0.15) is 0 Å². The first-order valence-corrected chi connectivity index (χ1v) is 6.02. The number of aliphatic imine (C=N–C) groups is 1. The molecule has 2 unspecified atom stereocenters. The summed E-state index contributed by atoms with van der Waals surface area (Å²) in [5, 5.41) is 0. The topological polar surface area (TPSA) is 12.4 Å². The molecule has 78 valence electrons. The van der Waals surface area contributed by atoms with E-state index in [1.807, 2.05) is 0 Å². The first kappa shape index (κ1) is 9.14. The van der Waals surface area contributed by atoms with Gasteiger partial charge in [0, 0.05) is 12.3 Å². The Labute approximate surface area is 91.2 Å². The number of hydrogen-bond acceptors (Lipinski definition) is 1. The predicted octanol–water partition coefficient (Wildman–Crippen LogP) is 3.30. The summed E-state index contributed by atoms with van der Waals surface area (Å²) in [6.07, 6.45) is 5.48. The molecule has 0 bridgehead atoms. The van der Waals surface area contributed by atoms with Crippen LogP contribution >= 0.6 is 0 Å². The Bertz CT molecular complexity index is 366. The van der Waals surface area contributed by atoms with E-state index >= 15 is 0 Å². The summed E-state index contributed by atoms with van der Waals surface area (Å²) in [4.78, 5) is 4.76. The summed E-state index contributed by atoms with van der Waals surface area (Å²) < 4.78 is 0. The molecule has 1 aliphatic heterocycles. The normalized spacial score (nSPS) is 29.7. The third-order valence-electron chi connectivity index (χ3n) is 3.90. The Morgan fingerprint density at radius 3 is 2.67 bits per heavy atom. The molecule has 0 N–H and O–H groups in total. The monoisotopic (exact) mass is 199 g/mol. The fourth-order valence-electron chi connectivity index (χ4n) is 3.00. The van der Waals surface area contributed by atoms with E-state index in [1.54, 1.807) is 0 Å². The second-order valence-electron chi connectivity index (χ2n) is 4.81. The minimum atomic E-state index is 0.900. The summed E-state index contributed by atoms with van der Waals surface area (Å²) in [5.41, 5.74) is 2.68. The minimum absolute atomic E-state index is 0.900. The molecule has 0 spiro atoms. The standard InChI is InChI=1S/C14H17N/c1-2-5-11(6-3-1)14-9-12-7-4-8-13(12)10-15-14/h1-3,5-6,12-13H,4,7-10H2. The molecular weight excluding hydrogens is 182 g/mol. The fourth-order valence-corrected chi connectivity index (χ4v) is 3.00. The Hall–Kier alpha value is -1.11. The molecule has 1 nitrogen and oxygen atoms in total. The van der Waals surface area contributed by atoms with Gasteiger partial charge in [-0.25, -0.2) is 0 Å². The van der Waals surface area contributed by atoms with Crippen LogP contribution in [0.25, 0.3) is 0 Å². The van der Waals surface area contributed by atoms with Crippen LogP contribution in [0.5, 0.6) is 0 Å². The Balaban J connectivity index is 1.84. The summed E-state index contributed by atoms with van der Waals surface area (Å²) >= 11 is 0. The number of fused-ring (bicyclic) bond motifs is 1. The third-order valence-corrected chi connectivity index (χ3v) is 3.90. The van der Waals surface area contributed by atoms with Gasteiger partial charge in [0.25, 0.3) is 0 Å². The van der Waals surface area contributed by atoms with Gasteiger partial charge in [-0.05, 0) is 36.7 Å². The van der Waals surface area contributed by atoms with Crippen molar-refractivity contribution in [2.75, 3.05) is 6.54 Å². The molecule has 0 radical (unpaired) electrons. The molecule has 0 amide bonds. The quantitative estimate of drug-likeness (QED) is 0.658. The molecule has 3 rings (SSSR count). The molecule has 1 saturated carbocycles. The van der Waals surface area contributed by atoms with Crippen LogP contribution < -0.4 is 0 Å². The Morgan fingerprint density at radius 2 is 1.80 bits per heavy atom. The van der Waals surface area contributed by atoms with Crippen LogP contribution in [0.2, 0.25) is 0 Å². The van der Waals surface area contributed by atoms with Crippen LogP contribution in [0.1, 0.15) is 31.2 Å². The first-order valence-electron chi connectivity index (χ1n) is 6.02. The Kier molecular flexibility index (Phi) is 2.32. The van der Waals surface area contributed by atoms with Crippen molar-refractivity contribution in [3.63, 3.8) is 0 Å². The van der Waals surface area contributed by atoms with Crippen LogP contribution in [-0.2, 0) is 0 Å². The lowest BCUT2D eigenvalue weighted by molar-refractivity contribution is 0.393. The van der Waals surface area contributed by atoms with Crippen molar-refractivity contribution in [2.24, 2.45) is 16.8 Å². The van der Waals surface area contributed by atoms with Crippen LogP contribution in [0.15, 0.2) is 35.3 Å². The SMILES string of the molecule is c1ccc(C2=NCC3CCCC3C2)cc1. The summed E-state index contributed by atoms with van der Waals surface area (Å²) in [6, 6.07) is 10.7. The molecule has 1 aromatic carbocycles. The number of benzene rings is 1. The second-order valence-corrected chi connectivity index (χ2v) is 4.81. The van der Waals surface area contributed by atoms with Gasteiger partial charge in [-0.3, -0.25) is 4.99 Å². The van der Waals surface area contributed by atoms with E-state index in [9.17, 15) is 0 Å². The largest absolute Gasteiger partial charge is 0.289 e. The fraction of sp³-hybridized carbons (Fsp3) is 0.500. The molecule has 1 heteroatoms. The van der Waals surface area contributed by atoms with E-state index in [0.29, 0.717) is 0 Å². The number of nitrogens with zero attached hydrogens (tertiary/aromatic N) is 1. The van der Waals surface area contributed by atoms with E-state index in [2.05, 4.69) is 30.3 Å². The summed E-state index contributed by atoms with van der Waals surface area (Å²) in [6.45, 7) is 1.08. The predicted molar refractivity (Wildman–Crippen MR) is 63.3 cm³/mol. The highest BCUT2D eigenvalue weighted by Gasteiger charge is 2.31. The van der Waals surface area contributed by atoms with E-state index in [4.69, 9.17) is 4.99 Å². The van der Waals surface area contributed by atoms with Gasteiger partial charge in [0.1, 0.15) is 0 Å². The molecule has 1 heterocycles. The maximum atomic E-state index is 4.76. The van der Waals surface area contributed by atoms with Crippen molar-refractivity contribution < 1.29 is 0 Å². The molecule has 1 aliphatic carbocycles. The number of hydrogen-bond donors (Lipinski definition) is 0. The summed E-state index contributed by atoms with van der Waals surface area (Å²) in [7, 11) is 0. The van der Waals surface area contributed by atoms with Crippen molar-refractivity contribution in [1.82, 2.24) is 0 Å². The average Bonchev–Trinajstić information content (AvgIpc) is 2.77. The van der Waals surface area contributed by atoms with Gasteiger partial charge in [-0.15, -0.1) is 0 Å². The molecule has 1 aromatic rings. The van der Waals surface area contributed by atoms with Gasteiger partial charge in [0.2, 0.25) is 0 Å². The molecule has 0 saturated heterocycles. The zero-order valence-electron chi connectivity index (χ0n) is 9.02. The highest BCUT2D eigenvalue weighted by molar-refractivity contribution is 6.01. The second kappa shape index (κ2) is 3.80. The lowest BCUT2D eigenvalue weighted by Crippen LogP contribution is -2.22. The molecule has 2 aliphatic rings. The van der Waals surface area contributed by atoms with Gasteiger partial charge in [0.15, 0.2) is 0 Å². The summed E-state index contributed by atoms with van der Waals surface area (Å²) in [5.74, 6) is 1.83. The number of rotatable bonds is 1. The molecular formula is C14H17N. The third kappa shape index (κ3) is 1.71.